The molecule has 0 spiro atoms. The lowest BCUT2D eigenvalue weighted by Gasteiger charge is -2.07. The van der Waals surface area contributed by atoms with Crippen LogP contribution in [0.25, 0.3) is 21.8 Å². The van der Waals surface area contributed by atoms with Crippen LogP contribution in [0.2, 0.25) is 5.02 Å². The zero-order valence-electron chi connectivity index (χ0n) is 17.9. The van der Waals surface area contributed by atoms with E-state index in [1.807, 2.05) is 54.6 Å². The second-order valence-electron chi connectivity index (χ2n) is 7.28. The highest BCUT2D eigenvalue weighted by molar-refractivity contribution is 7.15. The van der Waals surface area contributed by atoms with E-state index < -0.39 is 5.97 Å². The molecule has 0 atom stereocenters. The number of nitrogens with one attached hydrogen (secondary N) is 1. The number of ether oxygens (including phenoxy) is 1. The van der Waals surface area contributed by atoms with Crippen LogP contribution in [0, 0.1) is 0 Å². The van der Waals surface area contributed by atoms with Crippen LogP contribution in [0.4, 0.5) is 5.69 Å². The number of thiazole rings is 1. The summed E-state index contributed by atoms with van der Waals surface area (Å²) in [6, 6.07) is 24.2. The van der Waals surface area contributed by atoms with Gasteiger partial charge in [0.1, 0.15) is 5.01 Å². The Morgan fingerprint density at radius 1 is 0.939 bits per heavy atom. The predicted octanol–water partition coefficient (Wildman–Crippen LogP) is 6.49. The van der Waals surface area contributed by atoms with Gasteiger partial charge in [-0.1, -0.05) is 54.1 Å². The lowest BCUT2D eigenvalue weighted by molar-refractivity contribution is -0.116. The molecule has 0 fully saturated rings. The van der Waals surface area contributed by atoms with Crippen molar-refractivity contribution in [2.24, 2.45) is 0 Å². The number of anilines is 1. The molecule has 4 aromatic rings. The van der Waals surface area contributed by atoms with Crippen LogP contribution < -0.4 is 5.32 Å². The van der Waals surface area contributed by atoms with E-state index >= 15 is 0 Å². The number of rotatable bonds is 7. The quantitative estimate of drug-likeness (QED) is 0.309. The van der Waals surface area contributed by atoms with Crippen molar-refractivity contribution < 1.29 is 14.3 Å². The Morgan fingerprint density at radius 3 is 2.30 bits per heavy atom. The number of halogens is 1. The fourth-order valence-electron chi connectivity index (χ4n) is 3.32. The van der Waals surface area contributed by atoms with Crippen molar-refractivity contribution in [2.45, 2.75) is 12.8 Å². The maximum atomic E-state index is 12.6. The Bertz CT molecular complexity index is 1250. The number of carbonyl (C=O) groups excluding carboxylic acids is 2. The summed E-state index contributed by atoms with van der Waals surface area (Å²) >= 11 is 7.65. The highest BCUT2D eigenvalue weighted by atomic mass is 35.5. The molecule has 1 aromatic heterocycles. The number of carbonyl (C=O) groups is 2. The maximum absolute atomic E-state index is 12.6. The zero-order valence-corrected chi connectivity index (χ0v) is 19.5. The lowest BCUT2D eigenvalue weighted by atomic mass is 10.1. The van der Waals surface area contributed by atoms with Gasteiger partial charge in [0.2, 0.25) is 5.91 Å². The monoisotopic (exact) mass is 476 g/mol. The Labute approximate surface area is 201 Å². The average molecular weight is 477 g/mol. The second-order valence-corrected chi connectivity index (χ2v) is 8.80. The van der Waals surface area contributed by atoms with Crippen LogP contribution in [0.3, 0.4) is 0 Å². The van der Waals surface area contributed by atoms with Gasteiger partial charge in [-0.15, -0.1) is 11.3 Å². The van der Waals surface area contributed by atoms with Crippen LogP contribution in [0.15, 0.2) is 78.9 Å². The molecule has 5 nitrogen and oxygen atoms in total. The molecule has 0 saturated carbocycles. The first kappa shape index (κ1) is 22.7. The number of hydrogen-bond donors (Lipinski definition) is 1. The van der Waals surface area contributed by atoms with Gasteiger partial charge in [-0.05, 0) is 42.8 Å². The highest BCUT2D eigenvalue weighted by Crippen LogP contribution is 2.35. The van der Waals surface area contributed by atoms with Crippen molar-refractivity contribution in [1.82, 2.24) is 4.98 Å². The van der Waals surface area contributed by atoms with Crippen LogP contribution in [-0.2, 0) is 16.0 Å². The van der Waals surface area contributed by atoms with E-state index in [0.717, 1.165) is 26.7 Å². The van der Waals surface area contributed by atoms with E-state index in [1.165, 1.54) is 7.11 Å². The van der Waals surface area contributed by atoms with Gasteiger partial charge in [0, 0.05) is 33.1 Å². The highest BCUT2D eigenvalue weighted by Gasteiger charge is 2.16. The van der Waals surface area contributed by atoms with E-state index in [2.05, 4.69) is 5.32 Å². The first-order chi connectivity index (χ1) is 16.0. The van der Waals surface area contributed by atoms with Crippen molar-refractivity contribution >= 4 is 40.5 Å². The topological polar surface area (TPSA) is 68.3 Å². The summed E-state index contributed by atoms with van der Waals surface area (Å²) in [5, 5.41) is 4.45. The first-order valence-electron chi connectivity index (χ1n) is 10.3. The smallest absolute Gasteiger partial charge is 0.337 e. The molecule has 0 saturated heterocycles. The number of aryl methyl sites for hydroxylation is 1. The normalized spacial score (nSPS) is 10.6. The Kier molecular flexibility index (Phi) is 7.17. The molecule has 0 bridgehead atoms. The molecular weight excluding hydrogens is 456 g/mol. The second kappa shape index (κ2) is 10.4. The molecule has 166 valence electrons. The molecule has 0 aliphatic rings. The molecule has 0 aliphatic heterocycles. The summed E-state index contributed by atoms with van der Waals surface area (Å²) in [7, 11) is 1.33. The molecule has 4 rings (SSSR count). The molecule has 1 amide bonds. The molecular formula is C26H21ClN2O3S. The van der Waals surface area contributed by atoms with Gasteiger partial charge < -0.3 is 10.1 Å². The average Bonchev–Trinajstić information content (AvgIpc) is 3.28. The minimum Gasteiger partial charge on any atom is -0.465 e. The number of aromatic nitrogens is 1. The summed E-state index contributed by atoms with van der Waals surface area (Å²) in [4.78, 5) is 30.1. The van der Waals surface area contributed by atoms with Crippen molar-refractivity contribution in [3.8, 4) is 21.8 Å². The van der Waals surface area contributed by atoms with Gasteiger partial charge >= 0.3 is 5.97 Å². The number of nitrogens with zero attached hydrogens (tertiary/aromatic N) is 1. The minimum atomic E-state index is -0.415. The Balaban J connectivity index is 1.50. The van der Waals surface area contributed by atoms with Crippen molar-refractivity contribution in [3.63, 3.8) is 0 Å². The predicted molar refractivity (Wildman–Crippen MR) is 133 cm³/mol. The van der Waals surface area contributed by atoms with Crippen molar-refractivity contribution in [1.29, 1.82) is 0 Å². The Hall–Kier alpha value is -3.48. The zero-order chi connectivity index (χ0) is 23.2. The summed E-state index contributed by atoms with van der Waals surface area (Å²) in [5.74, 6) is -0.528. The van der Waals surface area contributed by atoms with Crippen molar-refractivity contribution in [3.05, 3.63) is 94.3 Å². The van der Waals surface area contributed by atoms with Gasteiger partial charge in [0.05, 0.1) is 18.4 Å². The summed E-state index contributed by atoms with van der Waals surface area (Å²) in [6.07, 6.45) is 0.851. The number of esters is 1. The van der Waals surface area contributed by atoms with Gasteiger partial charge in [0.25, 0.3) is 0 Å². The number of benzene rings is 3. The van der Waals surface area contributed by atoms with Gasteiger partial charge in [-0.3, -0.25) is 4.79 Å². The van der Waals surface area contributed by atoms with Crippen LogP contribution in [0.5, 0.6) is 0 Å². The fourth-order valence-corrected chi connectivity index (χ4v) is 4.53. The Morgan fingerprint density at radius 2 is 1.64 bits per heavy atom. The molecule has 1 heterocycles. The van der Waals surface area contributed by atoms with E-state index in [4.69, 9.17) is 21.3 Å². The molecule has 7 heteroatoms. The van der Waals surface area contributed by atoms with E-state index in [0.29, 0.717) is 29.1 Å². The number of amides is 1. The standard InChI is InChI=1S/C26H21ClN2O3S/c1-32-26(31)19-9-13-21(14-10-19)28-23(30)16-15-22-24(17-7-11-20(27)12-8-17)29-25(33-22)18-5-3-2-4-6-18/h2-14H,15-16H2,1H3,(H,28,30). The molecule has 0 aliphatic carbocycles. The van der Waals surface area contributed by atoms with E-state index in [-0.39, 0.29) is 5.91 Å². The van der Waals surface area contributed by atoms with Gasteiger partial charge in [-0.2, -0.15) is 0 Å². The molecule has 0 unspecified atom stereocenters. The summed E-state index contributed by atoms with van der Waals surface area (Å²) in [5.41, 5.74) is 3.93. The molecule has 1 N–H and O–H groups in total. The summed E-state index contributed by atoms with van der Waals surface area (Å²) < 4.78 is 4.69. The number of methoxy groups -OCH3 is 1. The molecule has 0 radical (unpaired) electrons. The maximum Gasteiger partial charge on any atom is 0.337 e. The van der Waals surface area contributed by atoms with Crippen LogP contribution in [0.1, 0.15) is 21.7 Å². The van der Waals surface area contributed by atoms with Gasteiger partial charge in [-0.25, -0.2) is 9.78 Å². The third kappa shape index (κ3) is 5.66. The van der Waals surface area contributed by atoms with E-state index in [9.17, 15) is 9.59 Å². The largest absolute Gasteiger partial charge is 0.465 e. The number of hydrogen-bond acceptors (Lipinski definition) is 5. The minimum absolute atomic E-state index is 0.113. The van der Waals surface area contributed by atoms with Crippen LogP contribution >= 0.6 is 22.9 Å². The van der Waals surface area contributed by atoms with Crippen LogP contribution in [-0.4, -0.2) is 24.0 Å². The third-order valence-electron chi connectivity index (χ3n) is 5.00. The molecule has 3 aromatic carbocycles. The van der Waals surface area contributed by atoms with E-state index in [1.54, 1.807) is 35.6 Å². The lowest BCUT2D eigenvalue weighted by Crippen LogP contribution is -2.12. The molecule has 33 heavy (non-hydrogen) atoms. The van der Waals surface area contributed by atoms with Crippen molar-refractivity contribution in [2.75, 3.05) is 12.4 Å². The fraction of sp³-hybridized carbons (Fsp3) is 0.115. The first-order valence-corrected chi connectivity index (χ1v) is 11.5. The summed E-state index contributed by atoms with van der Waals surface area (Å²) in [6.45, 7) is 0. The third-order valence-corrected chi connectivity index (χ3v) is 6.42. The van der Waals surface area contributed by atoms with Gasteiger partial charge in [0.15, 0.2) is 0 Å². The SMILES string of the molecule is COC(=O)c1ccc(NC(=O)CCc2sc(-c3ccccc3)nc2-c2ccc(Cl)cc2)cc1.